The molecule has 0 saturated heterocycles. The van der Waals surface area contributed by atoms with E-state index >= 15 is 0 Å². The summed E-state index contributed by atoms with van der Waals surface area (Å²) in [6.45, 7) is 8.07. The number of carbonyl (C=O) groups is 2. The predicted octanol–water partition coefficient (Wildman–Crippen LogP) is 4.91. The SMILES string of the molecule is Cc1ccc(C2=C(Nc3cccc(C)c3C)C(=O)N(Cc3ccco3)C2=O)c(C)c1. The van der Waals surface area contributed by atoms with Crippen LogP contribution in [0.2, 0.25) is 0 Å². The second kappa shape index (κ2) is 7.67. The van der Waals surface area contributed by atoms with E-state index in [4.69, 9.17) is 4.42 Å². The number of hydrogen-bond acceptors (Lipinski definition) is 4. The van der Waals surface area contributed by atoms with Gasteiger partial charge in [-0.15, -0.1) is 0 Å². The normalized spacial score (nSPS) is 14.1. The Kier molecular flexibility index (Phi) is 5.04. The number of imide groups is 1. The molecular formula is C25H24N2O3. The van der Waals surface area contributed by atoms with Crippen LogP contribution in [0.5, 0.6) is 0 Å². The van der Waals surface area contributed by atoms with Crippen molar-refractivity contribution < 1.29 is 14.0 Å². The van der Waals surface area contributed by atoms with Gasteiger partial charge in [-0.3, -0.25) is 14.5 Å². The van der Waals surface area contributed by atoms with Gasteiger partial charge in [-0.1, -0.05) is 35.9 Å². The Bertz CT molecular complexity index is 1170. The molecule has 5 nitrogen and oxygen atoms in total. The largest absolute Gasteiger partial charge is 0.467 e. The summed E-state index contributed by atoms with van der Waals surface area (Å²) in [6, 6.07) is 15.3. The van der Waals surface area contributed by atoms with Crippen molar-refractivity contribution in [1.82, 2.24) is 4.90 Å². The number of anilines is 1. The molecule has 2 aromatic carbocycles. The van der Waals surface area contributed by atoms with Crippen molar-refractivity contribution in [3.05, 3.63) is 94.1 Å². The number of nitrogens with zero attached hydrogens (tertiary/aromatic N) is 1. The predicted molar refractivity (Wildman–Crippen MR) is 117 cm³/mol. The fourth-order valence-electron chi connectivity index (χ4n) is 3.76. The van der Waals surface area contributed by atoms with Gasteiger partial charge in [-0.05, 0) is 68.1 Å². The van der Waals surface area contributed by atoms with Gasteiger partial charge in [-0.25, -0.2) is 0 Å². The molecule has 1 N–H and O–H groups in total. The molecule has 2 amide bonds. The monoisotopic (exact) mass is 400 g/mol. The summed E-state index contributed by atoms with van der Waals surface area (Å²) in [4.78, 5) is 28.0. The molecule has 30 heavy (non-hydrogen) atoms. The third-order valence-corrected chi connectivity index (χ3v) is 5.58. The molecule has 0 unspecified atom stereocenters. The quantitative estimate of drug-likeness (QED) is 0.619. The van der Waals surface area contributed by atoms with E-state index in [-0.39, 0.29) is 18.4 Å². The molecule has 1 aromatic heterocycles. The Morgan fingerprint density at radius 1 is 0.900 bits per heavy atom. The van der Waals surface area contributed by atoms with E-state index in [9.17, 15) is 9.59 Å². The number of amides is 2. The summed E-state index contributed by atoms with van der Waals surface area (Å²) in [6.07, 6.45) is 1.54. The number of carbonyl (C=O) groups excluding carboxylic acids is 2. The maximum absolute atomic E-state index is 13.4. The smallest absolute Gasteiger partial charge is 0.278 e. The number of benzene rings is 2. The summed E-state index contributed by atoms with van der Waals surface area (Å²) < 4.78 is 5.38. The Morgan fingerprint density at radius 3 is 2.40 bits per heavy atom. The van der Waals surface area contributed by atoms with E-state index in [1.807, 2.05) is 64.1 Å². The minimum absolute atomic E-state index is 0.0943. The Balaban J connectivity index is 1.82. The zero-order chi connectivity index (χ0) is 21.4. The van der Waals surface area contributed by atoms with Gasteiger partial charge in [-0.2, -0.15) is 0 Å². The molecule has 0 fully saturated rings. The van der Waals surface area contributed by atoms with Crippen LogP contribution in [-0.2, 0) is 16.1 Å². The van der Waals surface area contributed by atoms with Crippen molar-refractivity contribution in [3.63, 3.8) is 0 Å². The second-order valence-electron chi connectivity index (χ2n) is 7.72. The van der Waals surface area contributed by atoms with E-state index in [2.05, 4.69) is 5.32 Å². The molecule has 0 spiro atoms. The fourth-order valence-corrected chi connectivity index (χ4v) is 3.76. The molecule has 1 aliphatic heterocycles. The van der Waals surface area contributed by atoms with E-state index < -0.39 is 0 Å². The minimum atomic E-state index is -0.354. The lowest BCUT2D eigenvalue weighted by Gasteiger charge is -2.15. The topological polar surface area (TPSA) is 62.6 Å². The molecule has 0 atom stereocenters. The molecule has 1 aliphatic rings. The highest BCUT2D eigenvalue weighted by molar-refractivity contribution is 6.36. The van der Waals surface area contributed by atoms with Crippen molar-refractivity contribution >= 4 is 23.1 Å². The maximum Gasteiger partial charge on any atom is 0.278 e. The number of aryl methyl sites for hydroxylation is 3. The van der Waals surface area contributed by atoms with Crippen LogP contribution < -0.4 is 5.32 Å². The van der Waals surface area contributed by atoms with E-state index in [0.29, 0.717) is 17.0 Å². The second-order valence-corrected chi connectivity index (χ2v) is 7.72. The summed E-state index contributed by atoms with van der Waals surface area (Å²) in [5.41, 5.74) is 6.46. The fraction of sp³-hybridized carbons (Fsp3) is 0.200. The molecule has 0 aliphatic carbocycles. The lowest BCUT2D eigenvalue weighted by molar-refractivity contribution is -0.137. The molecule has 152 valence electrons. The van der Waals surface area contributed by atoms with Crippen molar-refractivity contribution in [2.24, 2.45) is 0 Å². The molecule has 2 heterocycles. The van der Waals surface area contributed by atoms with E-state index in [1.165, 1.54) is 11.2 Å². The first-order valence-electron chi connectivity index (χ1n) is 9.90. The number of furan rings is 1. The van der Waals surface area contributed by atoms with Crippen LogP contribution in [0.1, 0.15) is 33.6 Å². The number of nitrogens with one attached hydrogen (secondary N) is 1. The van der Waals surface area contributed by atoms with Crippen LogP contribution >= 0.6 is 0 Å². The van der Waals surface area contributed by atoms with Gasteiger partial charge >= 0.3 is 0 Å². The van der Waals surface area contributed by atoms with Crippen molar-refractivity contribution in [1.29, 1.82) is 0 Å². The van der Waals surface area contributed by atoms with Crippen molar-refractivity contribution in [2.75, 3.05) is 5.32 Å². The van der Waals surface area contributed by atoms with Gasteiger partial charge in [0.1, 0.15) is 11.5 Å². The lowest BCUT2D eigenvalue weighted by atomic mass is 9.97. The third-order valence-electron chi connectivity index (χ3n) is 5.58. The first-order valence-corrected chi connectivity index (χ1v) is 9.90. The highest BCUT2D eigenvalue weighted by atomic mass is 16.3. The molecule has 0 bridgehead atoms. The highest BCUT2D eigenvalue weighted by Gasteiger charge is 2.40. The van der Waals surface area contributed by atoms with E-state index in [1.54, 1.807) is 12.1 Å². The summed E-state index contributed by atoms with van der Waals surface area (Å²) >= 11 is 0. The van der Waals surface area contributed by atoms with Crippen LogP contribution in [0, 0.1) is 27.7 Å². The summed E-state index contributed by atoms with van der Waals surface area (Å²) in [5, 5.41) is 3.27. The molecule has 0 radical (unpaired) electrons. The molecule has 3 aromatic rings. The van der Waals surface area contributed by atoms with Crippen LogP contribution in [0.25, 0.3) is 5.57 Å². The average Bonchev–Trinajstić information content (AvgIpc) is 3.29. The Hall–Kier alpha value is -3.60. The van der Waals surface area contributed by atoms with Crippen LogP contribution in [0.3, 0.4) is 0 Å². The molecule has 4 rings (SSSR count). The maximum atomic E-state index is 13.4. The zero-order valence-electron chi connectivity index (χ0n) is 17.6. The highest BCUT2D eigenvalue weighted by Crippen LogP contribution is 2.34. The van der Waals surface area contributed by atoms with Crippen LogP contribution in [0.4, 0.5) is 5.69 Å². The standard InChI is InChI=1S/C25H24N2O3/c1-15-10-11-20(17(3)13-15)22-23(26-21-9-5-7-16(2)18(21)4)25(29)27(24(22)28)14-19-8-6-12-30-19/h5-13,26H,14H2,1-4H3. The van der Waals surface area contributed by atoms with Crippen LogP contribution in [-0.4, -0.2) is 16.7 Å². The average molecular weight is 400 g/mol. The number of hydrogen-bond donors (Lipinski definition) is 1. The van der Waals surface area contributed by atoms with E-state index in [0.717, 1.165) is 33.5 Å². The molecule has 0 saturated carbocycles. The van der Waals surface area contributed by atoms with Gasteiger partial charge in [0.05, 0.1) is 18.4 Å². The summed E-state index contributed by atoms with van der Waals surface area (Å²) in [7, 11) is 0. The summed E-state index contributed by atoms with van der Waals surface area (Å²) in [5.74, 6) is -0.117. The van der Waals surface area contributed by atoms with Gasteiger partial charge in [0.2, 0.25) is 0 Å². The zero-order valence-corrected chi connectivity index (χ0v) is 17.6. The van der Waals surface area contributed by atoms with Gasteiger partial charge in [0.25, 0.3) is 11.8 Å². The number of rotatable bonds is 5. The third kappa shape index (κ3) is 3.43. The lowest BCUT2D eigenvalue weighted by Crippen LogP contribution is -2.31. The Morgan fingerprint density at radius 2 is 1.70 bits per heavy atom. The minimum Gasteiger partial charge on any atom is -0.467 e. The first-order chi connectivity index (χ1) is 14.4. The Labute approximate surface area is 176 Å². The molecule has 5 heteroatoms. The first kappa shape index (κ1) is 19.7. The van der Waals surface area contributed by atoms with Crippen LogP contribution in [0.15, 0.2) is 64.9 Å². The van der Waals surface area contributed by atoms with Gasteiger partial charge in [0, 0.05) is 5.69 Å². The van der Waals surface area contributed by atoms with Crippen molar-refractivity contribution in [2.45, 2.75) is 34.2 Å². The van der Waals surface area contributed by atoms with Crippen molar-refractivity contribution in [3.8, 4) is 0 Å². The van der Waals surface area contributed by atoms with Gasteiger partial charge in [0.15, 0.2) is 0 Å². The molecular weight excluding hydrogens is 376 g/mol. The van der Waals surface area contributed by atoms with Gasteiger partial charge < -0.3 is 9.73 Å².